The highest BCUT2D eigenvalue weighted by Gasteiger charge is 2.46. The molecule has 0 bridgehead atoms. The van der Waals surface area contributed by atoms with Crippen molar-refractivity contribution in [2.45, 2.75) is 52.4 Å². The highest BCUT2D eigenvalue weighted by Crippen LogP contribution is 2.54. The van der Waals surface area contributed by atoms with Gasteiger partial charge >= 0.3 is 0 Å². The second-order valence-electron chi connectivity index (χ2n) is 26.2. The van der Waals surface area contributed by atoms with Crippen LogP contribution in [0.1, 0.15) is 52.7 Å². The van der Waals surface area contributed by atoms with Crippen molar-refractivity contribution in [3.63, 3.8) is 0 Å². The first-order chi connectivity index (χ1) is 43.9. The minimum absolute atomic E-state index is 0.00254. The van der Waals surface area contributed by atoms with Gasteiger partial charge < -0.3 is 14.4 Å². The van der Waals surface area contributed by atoms with Crippen LogP contribution < -0.4 is 26.2 Å². The zero-order chi connectivity index (χ0) is 60.8. The average Bonchev–Trinajstić information content (AvgIpc) is 0.717. The summed E-state index contributed by atoms with van der Waals surface area (Å²) in [5.74, 6) is 0. The van der Waals surface area contributed by atoms with E-state index in [1.54, 1.807) is 0 Å². The molecule has 0 unspecified atom stereocenters. The van der Waals surface area contributed by atoms with Crippen molar-refractivity contribution in [2.75, 3.05) is 9.80 Å². The summed E-state index contributed by atoms with van der Waals surface area (Å²) in [6.45, 7) is 13.5. The maximum atomic E-state index is 5.14. The topological polar surface area (TPSA) is 37.2 Å². The molecule has 0 atom stereocenters. The summed E-state index contributed by atoms with van der Waals surface area (Å²) in [6, 6.07) is 99.2. The van der Waals surface area contributed by atoms with Gasteiger partial charge in [-0.05, 0) is 119 Å². The highest BCUT2D eigenvalue weighted by atomic mass is 15.2. The van der Waals surface area contributed by atoms with Crippen LogP contribution in [-0.4, -0.2) is 21.2 Å². The van der Waals surface area contributed by atoms with Crippen LogP contribution in [0, 0.1) is 0 Å². The van der Waals surface area contributed by atoms with Crippen LogP contribution in [0.15, 0.2) is 292 Å². The number of fused-ring (bicyclic) bond motifs is 7. The number of rotatable bonds is 9. The Morgan fingerprint density at radius 3 is 0.967 bits per heavy atom. The zero-order valence-electron chi connectivity index (χ0n) is 51.5. The van der Waals surface area contributed by atoms with Crippen molar-refractivity contribution in [1.82, 2.24) is 14.5 Å². The highest BCUT2D eigenvalue weighted by molar-refractivity contribution is 7.00. The third-order valence-electron chi connectivity index (χ3n) is 18.7. The lowest BCUT2D eigenvalue weighted by atomic mass is 9.33. The van der Waals surface area contributed by atoms with Crippen LogP contribution in [0.5, 0.6) is 0 Å². The van der Waals surface area contributed by atoms with Gasteiger partial charge in [-0.2, -0.15) is 0 Å². The third kappa shape index (κ3) is 9.16. The van der Waals surface area contributed by atoms with E-state index in [-0.39, 0.29) is 17.5 Å². The third-order valence-corrected chi connectivity index (χ3v) is 18.7. The van der Waals surface area contributed by atoms with Gasteiger partial charge in [-0.3, -0.25) is 9.97 Å². The van der Waals surface area contributed by atoms with E-state index in [2.05, 4.69) is 348 Å². The molecule has 5 nitrogen and oxygen atoms in total. The molecule has 14 aromatic rings. The van der Waals surface area contributed by atoms with Crippen LogP contribution in [0.3, 0.4) is 0 Å². The molecule has 0 radical (unpaired) electrons. The molecule has 430 valence electrons. The molecule has 0 N–H and O–H groups in total. The predicted octanol–water partition coefficient (Wildman–Crippen LogP) is 20.3. The smallest absolute Gasteiger partial charge is 0.252 e. The molecule has 6 heteroatoms. The van der Waals surface area contributed by atoms with Crippen molar-refractivity contribution in [1.29, 1.82) is 0 Å². The SMILES string of the molecule is CC(C)(C)c1ccc(-c2ccc3c(c2)B2c4cc(-c5ccc(C(C)(C)C)cc5)ccc4N(c4c(-c5ccccc5)cncc4-c4ccccc4)c4cc(-n5c6ccccc6c6ccccc65)cc(c42)N3c2c(-c3ccccc3)cncc2-c2ccccc2)cc1. The minimum Gasteiger partial charge on any atom is -0.310 e. The quantitative estimate of drug-likeness (QED) is 0.135. The average molecular weight is 1160 g/mol. The molecule has 0 saturated carbocycles. The number of aromatic nitrogens is 3. The van der Waals surface area contributed by atoms with Gasteiger partial charge in [0.25, 0.3) is 6.71 Å². The molecule has 0 fully saturated rings. The van der Waals surface area contributed by atoms with Crippen molar-refractivity contribution in [3.8, 4) is 72.4 Å². The lowest BCUT2D eigenvalue weighted by molar-refractivity contribution is 0.590. The van der Waals surface area contributed by atoms with Gasteiger partial charge in [0, 0.05) is 80.6 Å². The second-order valence-corrected chi connectivity index (χ2v) is 26.2. The number of para-hydroxylation sites is 2. The first-order valence-electron chi connectivity index (χ1n) is 31.4. The molecule has 2 aliphatic rings. The summed E-state index contributed by atoms with van der Waals surface area (Å²) in [5.41, 5.74) is 29.1. The van der Waals surface area contributed by atoms with Gasteiger partial charge in [-0.25, -0.2) is 0 Å². The largest absolute Gasteiger partial charge is 0.310 e. The molecular formula is C84H66BN5. The number of hydrogen-bond acceptors (Lipinski definition) is 4. The monoisotopic (exact) mass is 1160 g/mol. The van der Waals surface area contributed by atoms with Gasteiger partial charge in [0.1, 0.15) is 0 Å². The van der Waals surface area contributed by atoms with Crippen molar-refractivity contribution in [3.05, 3.63) is 303 Å². The normalized spacial score (nSPS) is 12.7. The Morgan fingerprint density at radius 1 is 0.300 bits per heavy atom. The summed E-state index contributed by atoms with van der Waals surface area (Å²) in [5, 5.41) is 2.40. The van der Waals surface area contributed by atoms with Gasteiger partial charge in [0.2, 0.25) is 0 Å². The van der Waals surface area contributed by atoms with E-state index in [9.17, 15) is 0 Å². The molecule has 2 aliphatic heterocycles. The molecule has 90 heavy (non-hydrogen) atoms. The Balaban J connectivity index is 1.10. The van der Waals surface area contributed by atoms with Gasteiger partial charge in [0.15, 0.2) is 0 Å². The van der Waals surface area contributed by atoms with Crippen LogP contribution in [0.2, 0.25) is 0 Å². The zero-order valence-corrected chi connectivity index (χ0v) is 51.5. The molecular weight excluding hydrogens is 1090 g/mol. The van der Waals surface area contributed by atoms with E-state index < -0.39 is 0 Å². The molecule has 0 spiro atoms. The maximum absolute atomic E-state index is 5.14. The van der Waals surface area contributed by atoms with Crippen LogP contribution in [0.4, 0.5) is 34.1 Å². The number of anilines is 6. The lowest BCUT2D eigenvalue weighted by Gasteiger charge is -2.46. The molecule has 5 heterocycles. The van der Waals surface area contributed by atoms with Crippen molar-refractivity contribution >= 4 is 79.0 Å². The first kappa shape index (κ1) is 54.6. The minimum atomic E-state index is -0.258. The molecule has 0 saturated heterocycles. The second kappa shape index (κ2) is 21.5. The first-order valence-corrected chi connectivity index (χ1v) is 31.4. The van der Waals surface area contributed by atoms with Gasteiger partial charge in [-0.15, -0.1) is 0 Å². The fraction of sp³-hybridized carbons (Fsp3) is 0.0952. The van der Waals surface area contributed by atoms with Gasteiger partial charge in [0.05, 0.1) is 28.1 Å². The number of pyridine rings is 2. The fourth-order valence-electron chi connectivity index (χ4n) is 14.2. The molecule has 11 aromatic carbocycles. The van der Waals surface area contributed by atoms with E-state index in [0.717, 1.165) is 106 Å². The number of hydrogen-bond donors (Lipinski definition) is 0. The summed E-state index contributed by atoms with van der Waals surface area (Å²) in [4.78, 5) is 15.5. The van der Waals surface area contributed by atoms with E-state index in [0.29, 0.717) is 0 Å². The van der Waals surface area contributed by atoms with Crippen molar-refractivity contribution in [2.24, 2.45) is 0 Å². The Kier molecular flexibility index (Phi) is 13.0. The van der Waals surface area contributed by atoms with Crippen LogP contribution >= 0.6 is 0 Å². The van der Waals surface area contributed by atoms with Crippen LogP contribution in [0.25, 0.3) is 94.3 Å². The lowest BCUT2D eigenvalue weighted by Crippen LogP contribution is -2.61. The summed E-state index contributed by atoms with van der Waals surface area (Å²) in [7, 11) is 0. The Labute approximate surface area is 528 Å². The van der Waals surface area contributed by atoms with E-state index in [1.165, 1.54) is 49.4 Å². The summed E-state index contributed by atoms with van der Waals surface area (Å²) < 4.78 is 2.50. The molecule has 0 amide bonds. The van der Waals surface area contributed by atoms with E-state index >= 15 is 0 Å². The Bertz CT molecular complexity index is 4630. The van der Waals surface area contributed by atoms with E-state index in [4.69, 9.17) is 9.97 Å². The summed E-state index contributed by atoms with van der Waals surface area (Å²) in [6.07, 6.45) is 8.30. The molecule has 16 rings (SSSR count). The molecule has 0 aliphatic carbocycles. The maximum Gasteiger partial charge on any atom is 0.252 e. The fourth-order valence-corrected chi connectivity index (χ4v) is 14.2. The summed E-state index contributed by atoms with van der Waals surface area (Å²) >= 11 is 0. The van der Waals surface area contributed by atoms with Crippen LogP contribution in [-0.2, 0) is 10.8 Å². The number of benzene rings is 11. The Morgan fingerprint density at radius 2 is 0.622 bits per heavy atom. The number of nitrogens with zero attached hydrogens (tertiary/aromatic N) is 5. The standard InChI is InChI=1S/C84H66BN5/c1-83(2,3)63-41-35-55(36-42-63)61-39-45-76-72(47-61)85-73-48-62(56-37-43-64(44-38-56)84(4,5)6)40-46-77(73)90(82-70(59-27-15-9-16-28-59)53-87-54-71(82)60-29-17-10-18-30-60)79-50-65(88-74-33-21-19-31-66(74)67-32-20-22-34-75(67)88)49-78(80(79)85)89(76)81-68(57-23-11-7-12-24-57)51-86-52-69(81)58-25-13-8-14-26-58/h7-54H,1-6H3. The van der Waals surface area contributed by atoms with Gasteiger partial charge in [-0.1, -0.05) is 272 Å². The Hall–Kier alpha value is -10.8. The van der Waals surface area contributed by atoms with Crippen molar-refractivity contribution < 1.29 is 0 Å². The van der Waals surface area contributed by atoms with E-state index in [1.807, 2.05) is 0 Å². The predicted molar refractivity (Wildman–Crippen MR) is 380 cm³/mol. The molecule has 3 aromatic heterocycles.